The molecule has 3 aromatic rings. The predicted molar refractivity (Wildman–Crippen MR) is 111 cm³/mol. The average molecular weight is 421 g/mol. The second-order valence-corrected chi connectivity index (χ2v) is 7.24. The fourth-order valence-electron chi connectivity index (χ4n) is 3.79. The van der Waals surface area contributed by atoms with Crippen molar-refractivity contribution in [3.8, 4) is 5.75 Å². The van der Waals surface area contributed by atoms with Crippen molar-refractivity contribution >= 4 is 17.4 Å². The van der Waals surface area contributed by atoms with Crippen molar-refractivity contribution < 1.29 is 28.2 Å². The third-order valence-electron chi connectivity index (χ3n) is 5.30. The second-order valence-electron chi connectivity index (χ2n) is 7.24. The van der Waals surface area contributed by atoms with Gasteiger partial charge in [0.2, 0.25) is 0 Å². The van der Waals surface area contributed by atoms with Crippen molar-refractivity contribution in [3.05, 3.63) is 94.7 Å². The quantitative estimate of drug-likeness (QED) is 0.376. The number of carbonyl (C=O) groups excluding carboxylic acids is 2. The maximum absolute atomic E-state index is 13.5. The van der Waals surface area contributed by atoms with Gasteiger partial charge in [0.05, 0.1) is 31.5 Å². The molecule has 1 amide bonds. The summed E-state index contributed by atoms with van der Waals surface area (Å²) >= 11 is 0. The van der Waals surface area contributed by atoms with Gasteiger partial charge in [-0.25, -0.2) is 4.39 Å². The first-order valence-electron chi connectivity index (χ1n) is 9.62. The average Bonchev–Trinajstić information content (AvgIpc) is 3.36. The number of ketones is 1. The van der Waals surface area contributed by atoms with E-state index in [0.717, 1.165) is 5.56 Å². The standard InChI is InChI=1S/C24H20FNO5/c1-14-12-16(7-10-19(14)30-2)22(27)20-21(15-5-8-17(25)9-6-15)26(24(29)23(20)28)13-18-4-3-11-31-18/h3-12,21,27H,13H2,1-2H3/b22-20-. The molecule has 0 bridgehead atoms. The third-order valence-corrected chi connectivity index (χ3v) is 5.30. The van der Waals surface area contributed by atoms with Gasteiger partial charge in [-0.05, 0) is 60.5 Å². The van der Waals surface area contributed by atoms with Crippen LogP contribution in [-0.2, 0) is 16.1 Å². The summed E-state index contributed by atoms with van der Waals surface area (Å²) in [5.41, 5.74) is 1.57. The van der Waals surface area contributed by atoms with Crippen molar-refractivity contribution in [3.63, 3.8) is 0 Å². The fraction of sp³-hybridized carbons (Fsp3) is 0.167. The molecule has 6 nitrogen and oxygen atoms in total. The maximum atomic E-state index is 13.5. The van der Waals surface area contributed by atoms with Crippen LogP contribution >= 0.6 is 0 Å². The molecular weight excluding hydrogens is 401 g/mol. The number of aryl methyl sites for hydroxylation is 1. The molecule has 7 heteroatoms. The Hall–Kier alpha value is -3.87. The fourth-order valence-corrected chi connectivity index (χ4v) is 3.79. The highest BCUT2D eigenvalue weighted by molar-refractivity contribution is 6.46. The number of benzene rings is 2. The van der Waals surface area contributed by atoms with E-state index in [4.69, 9.17) is 9.15 Å². The number of Topliss-reactive ketones (excluding diaryl/α,β-unsaturated/α-hetero) is 1. The summed E-state index contributed by atoms with van der Waals surface area (Å²) < 4.78 is 24.1. The van der Waals surface area contributed by atoms with Gasteiger partial charge in [0.1, 0.15) is 23.1 Å². The molecule has 1 saturated heterocycles. The molecular formula is C24H20FNO5. The number of likely N-dealkylation sites (tertiary alicyclic amines) is 1. The summed E-state index contributed by atoms with van der Waals surface area (Å²) in [5.74, 6) is -1.22. The summed E-state index contributed by atoms with van der Waals surface area (Å²) in [4.78, 5) is 27.2. The summed E-state index contributed by atoms with van der Waals surface area (Å²) in [7, 11) is 1.54. The number of ether oxygens (including phenoxy) is 1. The zero-order valence-corrected chi connectivity index (χ0v) is 17.0. The van der Waals surface area contributed by atoms with E-state index >= 15 is 0 Å². The number of hydrogen-bond acceptors (Lipinski definition) is 5. The molecule has 1 atom stereocenters. The lowest BCUT2D eigenvalue weighted by Gasteiger charge is -2.24. The van der Waals surface area contributed by atoms with E-state index in [9.17, 15) is 19.1 Å². The number of hydrogen-bond donors (Lipinski definition) is 1. The van der Waals surface area contributed by atoms with E-state index in [1.165, 1.54) is 42.5 Å². The number of furan rings is 1. The van der Waals surface area contributed by atoms with E-state index in [2.05, 4.69) is 0 Å². The van der Waals surface area contributed by atoms with Crippen LogP contribution in [0.15, 0.2) is 70.9 Å². The Kier molecular flexibility index (Phi) is 5.33. The van der Waals surface area contributed by atoms with Crippen molar-refractivity contribution in [2.24, 2.45) is 0 Å². The van der Waals surface area contributed by atoms with E-state index in [1.54, 1.807) is 30.3 Å². The number of rotatable bonds is 5. The van der Waals surface area contributed by atoms with Crippen LogP contribution < -0.4 is 4.74 Å². The van der Waals surface area contributed by atoms with Crippen LogP contribution in [0.1, 0.15) is 28.5 Å². The van der Waals surface area contributed by atoms with Crippen LogP contribution in [-0.4, -0.2) is 28.8 Å². The summed E-state index contributed by atoms with van der Waals surface area (Å²) in [6, 6.07) is 12.9. The van der Waals surface area contributed by atoms with Gasteiger partial charge in [-0.1, -0.05) is 12.1 Å². The molecule has 1 aliphatic rings. The molecule has 31 heavy (non-hydrogen) atoms. The van der Waals surface area contributed by atoms with Crippen LogP contribution in [0.5, 0.6) is 5.75 Å². The number of amides is 1. The van der Waals surface area contributed by atoms with Gasteiger partial charge in [-0.2, -0.15) is 0 Å². The molecule has 1 aliphatic heterocycles. The first-order chi connectivity index (χ1) is 14.9. The molecule has 0 radical (unpaired) electrons. The minimum Gasteiger partial charge on any atom is -0.507 e. The Labute approximate surface area is 178 Å². The lowest BCUT2D eigenvalue weighted by molar-refractivity contribution is -0.140. The van der Waals surface area contributed by atoms with Gasteiger partial charge >= 0.3 is 0 Å². The van der Waals surface area contributed by atoms with Crippen molar-refractivity contribution in [1.82, 2.24) is 4.90 Å². The minimum atomic E-state index is -0.895. The van der Waals surface area contributed by atoms with Crippen LogP contribution in [0.25, 0.3) is 5.76 Å². The topological polar surface area (TPSA) is 80.0 Å². The number of aliphatic hydroxyl groups is 1. The highest BCUT2D eigenvalue weighted by Crippen LogP contribution is 2.40. The largest absolute Gasteiger partial charge is 0.507 e. The van der Waals surface area contributed by atoms with Gasteiger partial charge in [0.15, 0.2) is 0 Å². The molecule has 4 rings (SSSR count). The van der Waals surface area contributed by atoms with Crippen LogP contribution in [0.2, 0.25) is 0 Å². The van der Waals surface area contributed by atoms with E-state index in [1.807, 2.05) is 6.92 Å². The van der Waals surface area contributed by atoms with Gasteiger partial charge < -0.3 is 19.2 Å². The molecule has 1 fully saturated rings. The number of aliphatic hydroxyl groups excluding tert-OH is 1. The maximum Gasteiger partial charge on any atom is 0.296 e. The Balaban J connectivity index is 1.86. The van der Waals surface area contributed by atoms with Gasteiger partial charge in [0, 0.05) is 5.56 Å². The smallest absolute Gasteiger partial charge is 0.296 e. The molecule has 0 aliphatic carbocycles. The predicted octanol–water partition coefficient (Wildman–Crippen LogP) is 4.36. The zero-order valence-electron chi connectivity index (χ0n) is 17.0. The number of carbonyl (C=O) groups is 2. The summed E-state index contributed by atoms with van der Waals surface area (Å²) in [5, 5.41) is 11.1. The van der Waals surface area contributed by atoms with Crippen LogP contribution in [0, 0.1) is 12.7 Å². The molecule has 1 N–H and O–H groups in total. The molecule has 1 aromatic heterocycles. The number of nitrogens with zero attached hydrogens (tertiary/aromatic N) is 1. The van der Waals surface area contributed by atoms with Crippen molar-refractivity contribution in [1.29, 1.82) is 0 Å². The highest BCUT2D eigenvalue weighted by Gasteiger charge is 2.46. The van der Waals surface area contributed by atoms with E-state index in [-0.39, 0.29) is 17.9 Å². The lowest BCUT2D eigenvalue weighted by atomic mass is 9.94. The molecule has 158 valence electrons. The van der Waals surface area contributed by atoms with Crippen molar-refractivity contribution in [2.45, 2.75) is 19.5 Å². The Morgan fingerprint density at radius 2 is 1.90 bits per heavy atom. The van der Waals surface area contributed by atoms with Crippen LogP contribution in [0.3, 0.4) is 0 Å². The number of methoxy groups -OCH3 is 1. The normalized spacial score (nSPS) is 17.9. The summed E-state index contributed by atoms with van der Waals surface area (Å²) in [6.07, 6.45) is 1.47. The molecule has 0 spiro atoms. The van der Waals surface area contributed by atoms with E-state index in [0.29, 0.717) is 22.6 Å². The van der Waals surface area contributed by atoms with Crippen molar-refractivity contribution in [2.75, 3.05) is 7.11 Å². The molecule has 2 aromatic carbocycles. The highest BCUT2D eigenvalue weighted by atomic mass is 19.1. The minimum absolute atomic E-state index is 0.0258. The Bertz CT molecular complexity index is 1170. The number of halogens is 1. The van der Waals surface area contributed by atoms with Gasteiger partial charge in [0.25, 0.3) is 11.7 Å². The second kappa shape index (κ2) is 8.10. The first-order valence-corrected chi connectivity index (χ1v) is 9.62. The van der Waals surface area contributed by atoms with Crippen LogP contribution in [0.4, 0.5) is 4.39 Å². The Morgan fingerprint density at radius 3 is 2.52 bits per heavy atom. The Morgan fingerprint density at radius 1 is 1.16 bits per heavy atom. The van der Waals surface area contributed by atoms with E-state index < -0.39 is 23.5 Å². The molecule has 1 unspecified atom stereocenters. The zero-order chi connectivity index (χ0) is 22.1. The molecule has 2 heterocycles. The van der Waals surface area contributed by atoms with Gasteiger partial charge in [-0.15, -0.1) is 0 Å². The third kappa shape index (κ3) is 3.70. The molecule has 0 saturated carbocycles. The SMILES string of the molecule is COc1ccc(/C(O)=C2/C(=O)C(=O)N(Cc3ccco3)C2c2ccc(F)cc2)cc1C. The first kappa shape index (κ1) is 20.4. The lowest BCUT2D eigenvalue weighted by Crippen LogP contribution is -2.29. The summed E-state index contributed by atoms with van der Waals surface area (Å²) in [6.45, 7) is 1.83. The monoisotopic (exact) mass is 421 g/mol. The van der Waals surface area contributed by atoms with Gasteiger partial charge in [-0.3, -0.25) is 9.59 Å².